The number of carbonyl (C=O) groups is 5. The third-order valence-electron chi connectivity index (χ3n) is 6.05. The third-order valence-corrected chi connectivity index (χ3v) is 6.05. The number of unbranched alkanes of at least 4 members (excludes halogenated alkanes) is 2. The predicted octanol–water partition coefficient (Wildman–Crippen LogP) is 3.37. The van der Waals surface area contributed by atoms with Gasteiger partial charge in [0.2, 0.25) is 0 Å². The van der Waals surface area contributed by atoms with Crippen molar-refractivity contribution in [1.29, 1.82) is 0 Å². The molecule has 35 heavy (non-hydrogen) atoms. The summed E-state index contributed by atoms with van der Waals surface area (Å²) in [5.41, 5.74) is 3.17. The van der Waals surface area contributed by atoms with Crippen molar-refractivity contribution in [3.63, 3.8) is 0 Å². The van der Waals surface area contributed by atoms with Crippen LogP contribution in [-0.4, -0.2) is 47.6 Å². The van der Waals surface area contributed by atoms with Gasteiger partial charge < -0.3 is 4.74 Å². The third kappa shape index (κ3) is 5.37. The molecule has 8 nitrogen and oxygen atoms in total. The van der Waals surface area contributed by atoms with E-state index in [1.807, 2.05) is 25.1 Å². The molecule has 4 rings (SSSR count). The summed E-state index contributed by atoms with van der Waals surface area (Å²) >= 11 is 0. The van der Waals surface area contributed by atoms with Crippen molar-refractivity contribution in [2.24, 2.45) is 0 Å². The second kappa shape index (κ2) is 10.5. The van der Waals surface area contributed by atoms with Gasteiger partial charge in [-0.15, -0.1) is 0 Å². The number of hydrogen-bond donors (Lipinski definition) is 0. The molecule has 0 saturated heterocycles. The number of nitrogens with zero attached hydrogens (tertiary/aromatic N) is 2. The van der Waals surface area contributed by atoms with Crippen molar-refractivity contribution >= 4 is 35.3 Å². The predicted molar refractivity (Wildman–Crippen MR) is 128 cm³/mol. The fourth-order valence-corrected chi connectivity index (χ4v) is 4.12. The van der Waals surface area contributed by atoms with Gasteiger partial charge in [-0.25, -0.2) is 4.90 Å². The molecule has 0 saturated carbocycles. The Morgan fingerprint density at radius 1 is 0.829 bits per heavy atom. The van der Waals surface area contributed by atoms with Crippen LogP contribution >= 0.6 is 0 Å². The van der Waals surface area contributed by atoms with Crippen LogP contribution in [0.25, 0.3) is 0 Å². The van der Waals surface area contributed by atoms with Gasteiger partial charge in [-0.2, -0.15) is 0 Å². The standard InChI is InChI=1S/C27H26N2O6/c1-18-6-11-21-22(17-18)27(34)29(26(21)33)20-9-7-19(8-10-20)14-16-35-25(32)5-3-2-4-15-28-23(30)12-13-24(28)31/h6-13,17H,2-5,14-16H2,1H3. The second-order valence-electron chi connectivity index (χ2n) is 8.60. The summed E-state index contributed by atoms with van der Waals surface area (Å²) in [4.78, 5) is 62.7. The van der Waals surface area contributed by atoms with Crippen LogP contribution in [0.1, 0.15) is 57.5 Å². The van der Waals surface area contributed by atoms with E-state index in [2.05, 4.69) is 0 Å². The molecule has 4 amide bonds. The maximum Gasteiger partial charge on any atom is 0.305 e. The van der Waals surface area contributed by atoms with Gasteiger partial charge in [-0.3, -0.25) is 28.9 Å². The molecule has 2 aliphatic heterocycles. The van der Waals surface area contributed by atoms with Gasteiger partial charge in [0.15, 0.2) is 0 Å². The number of ether oxygens (including phenoxy) is 1. The highest BCUT2D eigenvalue weighted by atomic mass is 16.5. The molecule has 0 aromatic heterocycles. The molecule has 2 aliphatic rings. The Hall–Kier alpha value is -4.07. The first-order valence-electron chi connectivity index (χ1n) is 11.6. The van der Waals surface area contributed by atoms with Crippen LogP contribution in [0.2, 0.25) is 0 Å². The molecule has 0 radical (unpaired) electrons. The van der Waals surface area contributed by atoms with E-state index in [4.69, 9.17) is 4.74 Å². The highest BCUT2D eigenvalue weighted by molar-refractivity contribution is 6.34. The van der Waals surface area contributed by atoms with Crippen molar-refractivity contribution in [1.82, 2.24) is 4.90 Å². The van der Waals surface area contributed by atoms with E-state index in [-0.39, 0.29) is 42.6 Å². The van der Waals surface area contributed by atoms with Crippen LogP contribution in [0, 0.1) is 6.92 Å². The summed E-state index contributed by atoms with van der Waals surface area (Å²) in [6.07, 6.45) is 5.29. The van der Waals surface area contributed by atoms with E-state index in [1.165, 1.54) is 22.0 Å². The fourth-order valence-electron chi connectivity index (χ4n) is 4.12. The monoisotopic (exact) mass is 474 g/mol. The Bertz CT molecular complexity index is 1200. The van der Waals surface area contributed by atoms with Crippen molar-refractivity contribution in [2.75, 3.05) is 18.1 Å². The Kier molecular flexibility index (Phi) is 7.19. The van der Waals surface area contributed by atoms with Crippen molar-refractivity contribution in [3.05, 3.63) is 76.9 Å². The summed E-state index contributed by atoms with van der Waals surface area (Å²) < 4.78 is 5.29. The van der Waals surface area contributed by atoms with E-state index in [9.17, 15) is 24.0 Å². The van der Waals surface area contributed by atoms with Crippen LogP contribution in [0.15, 0.2) is 54.6 Å². The minimum atomic E-state index is -0.332. The normalized spacial score (nSPS) is 14.8. The highest BCUT2D eigenvalue weighted by Gasteiger charge is 2.36. The lowest BCUT2D eigenvalue weighted by atomic mass is 10.1. The highest BCUT2D eigenvalue weighted by Crippen LogP contribution is 2.29. The van der Waals surface area contributed by atoms with Crippen LogP contribution in [0.4, 0.5) is 5.69 Å². The number of anilines is 1. The second-order valence-corrected chi connectivity index (χ2v) is 8.60. The summed E-state index contributed by atoms with van der Waals surface area (Å²) in [6.45, 7) is 2.46. The van der Waals surface area contributed by atoms with Gasteiger partial charge in [0.25, 0.3) is 23.6 Å². The molecule has 0 N–H and O–H groups in total. The Balaban J connectivity index is 1.17. The molecular weight excluding hydrogens is 448 g/mol. The minimum absolute atomic E-state index is 0.229. The van der Waals surface area contributed by atoms with E-state index in [1.54, 1.807) is 24.3 Å². The summed E-state index contributed by atoms with van der Waals surface area (Å²) in [7, 11) is 0. The van der Waals surface area contributed by atoms with Crippen LogP contribution in [0.5, 0.6) is 0 Å². The maximum atomic E-state index is 12.7. The van der Waals surface area contributed by atoms with Gasteiger partial charge in [0.1, 0.15) is 0 Å². The van der Waals surface area contributed by atoms with Gasteiger partial charge in [0.05, 0.1) is 23.4 Å². The number of rotatable bonds is 10. The molecule has 2 heterocycles. The van der Waals surface area contributed by atoms with Gasteiger partial charge in [0, 0.05) is 31.5 Å². The van der Waals surface area contributed by atoms with E-state index in [0.717, 1.165) is 11.1 Å². The van der Waals surface area contributed by atoms with Crippen LogP contribution in [-0.2, 0) is 25.5 Å². The topological polar surface area (TPSA) is 101 Å². The molecule has 180 valence electrons. The average Bonchev–Trinajstić information content (AvgIpc) is 3.29. The number of esters is 1. The van der Waals surface area contributed by atoms with Crippen molar-refractivity contribution in [3.8, 4) is 0 Å². The van der Waals surface area contributed by atoms with Gasteiger partial charge in [-0.1, -0.05) is 30.2 Å². The SMILES string of the molecule is Cc1ccc2c(c1)C(=O)N(c1ccc(CCOC(=O)CCCCCN3C(=O)C=CC3=O)cc1)C2=O. The number of benzene rings is 2. The first-order chi connectivity index (χ1) is 16.8. The lowest BCUT2D eigenvalue weighted by Crippen LogP contribution is -2.30. The first kappa shape index (κ1) is 24.1. The molecule has 2 aromatic carbocycles. The molecule has 0 spiro atoms. The molecule has 0 aliphatic carbocycles. The Morgan fingerprint density at radius 2 is 1.51 bits per heavy atom. The molecular formula is C27H26N2O6. The molecule has 8 heteroatoms. The zero-order valence-corrected chi connectivity index (χ0v) is 19.5. The zero-order chi connectivity index (χ0) is 24.9. The smallest absolute Gasteiger partial charge is 0.305 e. The summed E-state index contributed by atoms with van der Waals surface area (Å²) in [5.74, 6) is -1.53. The van der Waals surface area contributed by atoms with Crippen molar-refractivity contribution in [2.45, 2.75) is 39.0 Å². The number of imide groups is 2. The number of fused-ring (bicyclic) bond motifs is 1. The molecule has 0 unspecified atom stereocenters. The summed E-state index contributed by atoms with van der Waals surface area (Å²) in [6, 6.07) is 12.3. The number of carbonyl (C=O) groups excluding carboxylic acids is 5. The minimum Gasteiger partial charge on any atom is -0.465 e. The molecule has 0 bridgehead atoms. The Labute approximate surface area is 203 Å². The van der Waals surface area contributed by atoms with Gasteiger partial charge >= 0.3 is 5.97 Å². The molecule has 0 atom stereocenters. The lowest BCUT2D eigenvalue weighted by molar-refractivity contribution is -0.144. The fraction of sp³-hybridized carbons (Fsp3) is 0.296. The largest absolute Gasteiger partial charge is 0.465 e. The summed E-state index contributed by atoms with van der Waals surface area (Å²) in [5, 5.41) is 0. The van der Waals surface area contributed by atoms with Crippen LogP contribution < -0.4 is 4.90 Å². The number of aryl methyl sites for hydroxylation is 1. The Morgan fingerprint density at radius 3 is 2.23 bits per heavy atom. The molecule has 0 fully saturated rings. The van der Waals surface area contributed by atoms with E-state index >= 15 is 0 Å². The maximum absolute atomic E-state index is 12.7. The van der Waals surface area contributed by atoms with Gasteiger partial charge in [-0.05, 0) is 49.6 Å². The lowest BCUT2D eigenvalue weighted by Gasteiger charge is -2.14. The first-order valence-corrected chi connectivity index (χ1v) is 11.6. The van der Waals surface area contributed by atoms with E-state index < -0.39 is 0 Å². The van der Waals surface area contributed by atoms with Crippen LogP contribution in [0.3, 0.4) is 0 Å². The zero-order valence-electron chi connectivity index (χ0n) is 19.5. The quantitative estimate of drug-likeness (QED) is 0.297. The average molecular weight is 475 g/mol. The van der Waals surface area contributed by atoms with Crippen molar-refractivity contribution < 1.29 is 28.7 Å². The number of amides is 4. The molecule has 2 aromatic rings. The van der Waals surface area contributed by atoms with E-state index in [0.29, 0.717) is 49.0 Å². The number of hydrogen-bond acceptors (Lipinski definition) is 6.